The molecule has 6 nitrogen and oxygen atoms in total. The molecule has 1 aliphatic rings. The standard InChI is InChI=1S/C19H23N3O3/c1-21(2)18-16(9-6-11-20-18)25-15-10-12-22(13-15)19(24)17(23)14-7-4-3-5-8-14/h3-9,11,15,17,23H,10,12-13H2,1-2H3/t15-,17+/m0/s1. The summed E-state index contributed by atoms with van der Waals surface area (Å²) in [6, 6.07) is 12.7. The number of aromatic nitrogens is 1. The molecule has 0 aliphatic carbocycles. The van der Waals surface area contributed by atoms with Crippen molar-refractivity contribution in [3.05, 3.63) is 54.2 Å². The average Bonchev–Trinajstić information content (AvgIpc) is 3.10. The van der Waals surface area contributed by atoms with E-state index in [0.717, 1.165) is 12.2 Å². The maximum absolute atomic E-state index is 12.5. The number of anilines is 1. The smallest absolute Gasteiger partial charge is 0.256 e. The molecule has 132 valence electrons. The van der Waals surface area contributed by atoms with Crippen LogP contribution in [0.3, 0.4) is 0 Å². The highest BCUT2D eigenvalue weighted by molar-refractivity contribution is 5.82. The van der Waals surface area contributed by atoms with E-state index >= 15 is 0 Å². The molecule has 2 atom stereocenters. The number of rotatable bonds is 5. The first-order chi connectivity index (χ1) is 12.1. The molecule has 6 heteroatoms. The highest BCUT2D eigenvalue weighted by Gasteiger charge is 2.32. The van der Waals surface area contributed by atoms with Gasteiger partial charge in [-0.05, 0) is 17.7 Å². The van der Waals surface area contributed by atoms with Crippen molar-refractivity contribution in [1.82, 2.24) is 9.88 Å². The van der Waals surface area contributed by atoms with Gasteiger partial charge in [0, 0.05) is 33.3 Å². The Labute approximate surface area is 147 Å². The maximum atomic E-state index is 12.5. The normalized spacial score (nSPS) is 18.0. The molecule has 1 aromatic heterocycles. The van der Waals surface area contributed by atoms with Gasteiger partial charge in [-0.1, -0.05) is 30.3 Å². The lowest BCUT2D eigenvalue weighted by molar-refractivity contribution is -0.139. The van der Waals surface area contributed by atoms with Crippen LogP contribution < -0.4 is 9.64 Å². The zero-order chi connectivity index (χ0) is 17.8. The van der Waals surface area contributed by atoms with Gasteiger partial charge in [-0.25, -0.2) is 4.98 Å². The molecule has 1 aromatic carbocycles. The van der Waals surface area contributed by atoms with E-state index in [1.165, 1.54) is 0 Å². The van der Waals surface area contributed by atoms with E-state index in [9.17, 15) is 9.90 Å². The summed E-state index contributed by atoms with van der Waals surface area (Å²) in [5, 5.41) is 10.3. The van der Waals surface area contributed by atoms with E-state index in [-0.39, 0.29) is 12.0 Å². The van der Waals surface area contributed by atoms with Crippen LogP contribution in [0.1, 0.15) is 18.1 Å². The summed E-state index contributed by atoms with van der Waals surface area (Å²) in [6.07, 6.45) is 1.23. The van der Waals surface area contributed by atoms with Crippen LogP contribution in [-0.4, -0.2) is 54.2 Å². The second-order valence-electron chi connectivity index (χ2n) is 6.35. The van der Waals surface area contributed by atoms with Crippen molar-refractivity contribution in [2.75, 3.05) is 32.1 Å². The molecular weight excluding hydrogens is 318 g/mol. The summed E-state index contributed by atoms with van der Waals surface area (Å²) in [5.41, 5.74) is 0.610. The van der Waals surface area contributed by atoms with E-state index in [1.54, 1.807) is 23.2 Å². The van der Waals surface area contributed by atoms with Crippen LogP contribution in [0, 0.1) is 0 Å². The van der Waals surface area contributed by atoms with Crippen LogP contribution in [0.15, 0.2) is 48.7 Å². The van der Waals surface area contributed by atoms with E-state index in [2.05, 4.69) is 4.98 Å². The van der Waals surface area contributed by atoms with Crippen LogP contribution >= 0.6 is 0 Å². The number of aliphatic hydroxyl groups is 1. The maximum Gasteiger partial charge on any atom is 0.256 e. The zero-order valence-corrected chi connectivity index (χ0v) is 14.5. The molecule has 0 unspecified atom stereocenters. The van der Waals surface area contributed by atoms with Crippen molar-refractivity contribution in [2.24, 2.45) is 0 Å². The molecule has 1 aliphatic heterocycles. The molecule has 1 fully saturated rings. The van der Waals surface area contributed by atoms with Crippen molar-refractivity contribution in [3.8, 4) is 5.75 Å². The molecule has 0 saturated carbocycles. The van der Waals surface area contributed by atoms with Crippen molar-refractivity contribution in [1.29, 1.82) is 0 Å². The number of hydrogen-bond donors (Lipinski definition) is 1. The highest BCUT2D eigenvalue weighted by atomic mass is 16.5. The van der Waals surface area contributed by atoms with Gasteiger partial charge in [0.05, 0.1) is 6.54 Å². The Morgan fingerprint density at radius 1 is 1.28 bits per heavy atom. The predicted molar refractivity (Wildman–Crippen MR) is 95.6 cm³/mol. The minimum Gasteiger partial charge on any atom is -0.485 e. The summed E-state index contributed by atoms with van der Waals surface area (Å²) in [7, 11) is 3.83. The van der Waals surface area contributed by atoms with Crippen molar-refractivity contribution >= 4 is 11.7 Å². The molecule has 2 aromatic rings. The third-order valence-electron chi connectivity index (χ3n) is 4.27. The van der Waals surface area contributed by atoms with Gasteiger partial charge >= 0.3 is 0 Å². The molecule has 3 rings (SSSR count). The quantitative estimate of drug-likeness (QED) is 0.899. The summed E-state index contributed by atoms with van der Waals surface area (Å²) in [4.78, 5) is 20.4. The van der Waals surface area contributed by atoms with E-state index < -0.39 is 6.10 Å². The van der Waals surface area contributed by atoms with Gasteiger partial charge in [0.2, 0.25) is 0 Å². The molecule has 2 heterocycles. The first-order valence-electron chi connectivity index (χ1n) is 8.37. The monoisotopic (exact) mass is 341 g/mol. The summed E-state index contributed by atoms with van der Waals surface area (Å²) >= 11 is 0. The topological polar surface area (TPSA) is 65.9 Å². The zero-order valence-electron chi connectivity index (χ0n) is 14.5. The number of aliphatic hydroxyl groups excluding tert-OH is 1. The number of carbonyl (C=O) groups is 1. The highest BCUT2D eigenvalue weighted by Crippen LogP contribution is 2.27. The number of amides is 1. The Hall–Kier alpha value is -2.60. The van der Waals surface area contributed by atoms with Gasteiger partial charge < -0.3 is 19.6 Å². The Balaban J connectivity index is 1.63. The molecule has 1 N–H and O–H groups in total. The Morgan fingerprint density at radius 3 is 2.76 bits per heavy atom. The molecule has 25 heavy (non-hydrogen) atoms. The van der Waals surface area contributed by atoms with Crippen LogP contribution in [-0.2, 0) is 4.79 Å². The number of nitrogens with zero attached hydrogens (tertiary/aromatic N) is 3. The SMILES string of the molecule is CN(C)c1ncccc1O[C@H]1CCN(C(=O)[C@H](O)c2ccccc2)C1. The van der Waals surface area contributed by atoms with Gasteiger partial charge in [-0.3, -0.25) is 4.79 Å². The van der Waals surface area contributed by atoms with E-state index in [0.29, 0.717) is 24.4 Å². The lowest BCUT2D eigenvalue weighted by Crippen LogP contribution is -2.34. The first-order valence-corrected chi connectivity index (χ1v) is 8.37. The summed E-state index contributed by atoms with van der Waals surface area (Å²) in [5.74, 6) is 1.18. The molecule has 1 amide bonds. The Kier molecular flexibility index (Phi) is 5.19. The lowest BCUT2D eigenvalue weighted by Gasteiger charge is -2.22. The first kappa shape index (κ1) is 17.2. The minimum absolute atomic E-state index is 0.102. The number of ether oxygens (including phenoxy) is 1. The number of benzene rings is 1. The van der Waals surface area contributed by atoms with Gasteiger partial charge in [-0.2, -0.15) is 0 Å². The average molecular weight is 341 g/mol. The number of carbonyl (C=O) groups excluding carboxylic acids is 1. The second kappa shape index (κ2) is 7.53. The number of hydrogen-bond acceptors (Lipinski definition) is 5. The fourth-order valence-corrected chi connectivity index (χ4v) is 2.97. The summed E-state index contributed by atoms with van der Waals surface area (Å²) in [6.45, 7) is 1.04. The van der Waals surface area contributed by atoms with E-state index in [4.69, 9.17) is 4.74 Å². The number of pyridine rings is 1. The van der Waals surface area contributed by atoms with Gasteiger partial charge in [0.15, 0.2) is 17.7 Å². The van der Waals surface area contributed by atoms with Crippen LogP contribution in [0.2, 0.25) is 0 Å². The fourth-order valence-electron chi connectivity index (χ4n) is 2.97. The van der Waals surface area contributed by atoms with Gasteiger partial charge in [0.1, 0.15) is 6.10 Å². The Morgan fingerprint density at radius 2 is 2.04 bits per heavy atom. The van der Waals surface area contributed by atoms with Crippen molar-refractivity contribution < 1.29 is 14.6 Å². The van der Waals surface area contributed by atoms with Gasteiger partial charge in [0.25, 0.3) is 5.91 Å². The van der Waals surface area contributed by atoms with Gasteiger partial charge in [-0.15, -0.1) is 0 Å². The Bertz CT molecular complexity index is 721. The fraction of sp³-hybridized carbons (Fsp3) is 0.368. The largest absolute Gasteiger partial charge is 0.485 e. The summed E-state index contributed by atoms with van der Waals surface area (Å²) < 4.78 is 6.05. The van der Waals surface area contributed by atoms with Crippen LogP contribution in [0.4, 0.5) is 5.82 Å². The lowest BCUT2D eigenvalue weighted by atomic mass is 10.1. The van der Waals surface area contributed by atoms with Crippen LogP contribution in [0.25, 0.3) is 0 Å². The molecule has 0 bridgehead atoms. The molecule has 0 radical (unpaired) electrons. The molecule has 0 spiro atoms. The van der Waals surface area contributed by atoms with Crippen LogP contribution in [0.5, 0.6) is 5.75 Å². The third-order valence-corrected chi connectivity index (χ3v) is 4.27. The van der Waals surface area contributed by atoms with Crippen molar-refractivity contribution in [3.63, 3.8) is 0 Å². The van der Waals surface area contributed by atoms with E-state index in [1.807, 2.05) is 49.3 Å². The molecule has 1 saturated heterocycles. The third kappa shape index (κ3) is 3.91. The predicted octanol–water partition coefficient (Wildman–Crippen LogP) is 1.86. The van der Waals surface area contributed by atoms with Crippen molar-refractivity contribution in [2.45, 2.75) is 18.6 Å². The second-order valence-corrected chi connectivity index (χ2v) is 6.35. The minimum atomic E-state index is -1.13. The number of likely N-dealkylation sites (tertiary alicyclic amines) is 1. The molecular formula is C19H23N3O3.